The molecule has 0 saturated heterocycles. The van der Waals surface area contributed by atoms with Crippen molar-refractivity contribution in [3.05, 3.63) is 34.4 Å². The third kappa shape index (κ3) is 5.99. The molecule has 2 aromatic rings. The Balaban J connectivity index is 2.92. The van der Waals surface area contributed by atoms with Crippen molar-refractivity contribution in [2.75, 3.05) is 23.0 Å². The fourth-order valence-electron chi connectivity index (χ4n) is 4.42. The van der Waals surface area contributed by atoms with Crippen molar-refractivity contribution in [2.45, 2.75) is 93.2 Å². The summed E-state index contributed by atoms with van der Waals surface area (Å²) in [4.78, 5) is 4.00. The van der Waals surface area contributed by atoms with Gasteiger partial charge in [0.25, 0.3) is 0 Å². The molecule has 2 nitrogen and oxygen atoms in total. The van der Waals surface area contributed by atoms with Crippen molar-refractivity contribution in [3.8, 4) is 11.5 Å². The van der Waals surface area contributed by atoms with Crippen molar-refractivity contribution < 1.29 is 10.2 Å². The molecule has 0 amide bonds. The molecule has 6 heteroatoms. The Bertz CT molecular complexity index is 879. The van der Waals surface area contributed by atoms with Gasteiger partial charge in [0.2, 0.25) is 0 Å². The van der Waals surface area contributed by atoms with Crippen LogP contribution in [-0.2, 0) is 18.3 Å². The predicted octanol–water partition coefficient (Wildman–Crippen LogP) is 9.00. The van der Waals surface area contributed by atoms with Gasteiger partial charge in [-0.3, -0.25) is 0 Å². The summed E-state index contributed by atoms with van der Waals surface area (Å²) in [5, 5.41) is 22.2. The van der Waals surface area contributed by atoms with E-state index in [0.717, 1.165) is 55.4 Å². The Morgan fingerprint density at radius 3 is 1.21 bits per heavy atom. The third-order valence-corrected chi connectivity index (χ3v) is 9.73. The summed E-state index contributed by atoms with van der Waals surface area (Å²) in [6.07, 6.45) is 1.75. The summed E-state index contributed by atoms with van der Waals surface area (Å²) >= 11 is 6.90. The van der Waals surface area contributed by atoms with E-state index < -0.39 is 0 Å². The molecule has 33 heavy (non-hydrogen) atoms. The zero-order chi connectivity index (χ0) is 24.8. The van der Waals surface area contributed by atoms with E-state index in [1.807, 2.05) is 0 Å². The van der Waals surface area contributed by atoms with Gasteiger partial charge in [-0.05, 0) is 70.2 Å². The minimum Gasteiger partial charge on any atom is -0.506 e. The van der Waals surface area contributed by atoms with Crippen LogP contribution in [0.25, 0.3) is 0 Å². The first kappa shape index (κ1) is 28.7. The summed E-state index contributed by atoms with van der Waals surface area (Å²) < 4.78 is 0. The molecule has 0 atom stereocenters. The van der Waals surface area contributed by atoms with Crippen LogP contribution in [0.1, 0.15) is 77.6 Å². The van der Waals surface area contributed by atoms with Crippen molar-refractivity contribution in [2.24, 2.45) is 0 Å². The van der Waals surface area contributed by atoms with Crippen LogP contribution in [0.15, 0.2) is 31.7 Å². The highest BCUT2D eigenvalue weighted by molar-refractivity contribution is 8.00. The standard InChI is InChI=1S/C27H40O2S4/c1-9-17-19(15-21(30-11-3)23(28)25(17)32-13-5)27(7,8)20-16-22(31-12-4)24(29)26(33-14-6)18(20)10-2/h15-16,28-29H,9-14H2,1-8H3. The second-order valence-electron chi connectivity index (χ2n) is 8.22. The number of phenols is 2. The van der Waals surface area contributed by atoms with E-state index in [9.17, 15) is 10.2 Å². The van der Waals surface area contributed by atoms with Gasteiger partial charge in [0, 0.05) is 5.41 Å². The molecule has 0 aliphatic rings. The number of benzene rings is 2. The van der Waals surface area contributed by atoms with Gasteiger partial charge in [0.1, 0.15) is 11.5 Å². The Kier molecular flexibility index (Phi) is 11.2. The lowest BCUT2D eigenvalue weighted by atomic mass is 9.73. The molecule has 0 bridgehead atoms. The van der Waals surface area contributed by atoms with Gasteiger partial charge in [-0.2, -0.15) is 0 Å². The highest BCUT2D eigenvalue weighted by Gasteiger charge is 2.33. The molecule has 0 aliphatic heterocycles. The topological polar surface area (TPSA) is 40.5 Å². The molecular weight excluding hydrogens is 485 g/mol. The molecule has 184 valence electrons. The van der Waals surface area contributed by atoms with Gasteiger partial charge >= 0.3 is 0 Å². The summed E-state index contributed by atoms with van der Waals surface area (Å²) in [5.74, 6) is 4.57. The molecule has 0 aromatic heterocycles. The molecule has 0 radical (unpaired) electrons. The second-order valence-corrected chi connectivity index (χ2v) is 13.4. The summed E-state index contributed by atoms with van der Waals surface area (Å²) in [7, 11) is 0. The van der Waals surface area contributed by atoms with Gasteiger partial charge in [-0.1, -0.05) is 55.4 Å². The summed E-state index contributed by atoms with van der Waals surface area (Å²) in [6.45, 7) is 17.6. The van der Waals surface area contributed by atoms with E-state index in [-0.39, 0.29) is 5.41 Å². The van der Waals surface area contributed by atoms with Crippen molar-refractivity contribution in [1.29, 1.82) is 0 Å². The number of thioether (sulfide) groups is 4. The second kappa shape index (κ2) is 12.9. The first-order valence-electron chi connectivity index (χ1n) is 12.0. The third-order valence-electron chi connectivity index (χ3n) is 5.88. The van der Waals surface area contributed by atoms with Crippen molar-refractivity contribution in [3.63, 3.8) is 0 Å². The van der Waals surface area contributed by atoms with E-state index >= 15 is 0 Å². The monoisotopic (exact) mass is 524 g/mol. The quantitative estimate of drug-likeness (QED) is 0.270. The minimum atomic E-state index is -0.268. The van der Waals surface area contributed by atoms with Crippen LogP contribution in [0.3, 0.4) is 0 Å². The van der Waals surface area contributed by atoms with Gasteiger partial charge in [-0.25, -0.2) is 0 Å². The van der Waals surface area contributed by atoms with Crippen LogP contribution in [0.2, 0.25) is 0 Å². The first-order valence-corrected chi connectivity index (χ1v) is 16.0. The number of phenolic OH excluding ortho intramolecular Hbond substituents is 2. The van der Waals surface area contributed by atoms with Gasteiger partial charge in [0.05, 0.1) is 19.6 Å². The fourth-order valence-corrected chi connectivity index (χ4v) is 7.98. The molecule has 0 fully saturated rings. The normalized spacial score (nSPS) is 11.9. The van der Waals surface area contributed by atoms with Gasteiger partial charge < -0.3 is 10.2 Å². The van der Waals surface area contributed by atoms with E-state index in [0.29, 0.717) is 11.5 Å². The molecule has 0 saturated carbocycles. The lowest BCUT2D eigenvalue weighted by Gasteiger charge is -2.34. The highest BCUT2D eigenvalue weighted by Crippen LogP contribution is 2.50. The Hall–Kier alpha value is -0.560. The maximum Gasteiger partial charge on any atom is 0.142 e. The highest BCUT2D eigenvalue weighted by atomic mass is 32.2. The van der Waals surface area contributed by atoms with Crippen molar-refractivity contribution in [1.82, 2.24) is 0 Å². The maximum atomic E-state index is 11.1. The van der Waals surface area contributed by atoms with Gasteiger partial charge in [0.15, 0.2) is 0 Å². The summed E-state index contributed by atoms with van der Waals surface area (Å²) in [5.41, 5.74) is 4.80. The van der Waals surface area contributed by atoms with Crippen LogP contribution >= 0.6 is 47.0 Å². The average molecular weight is 525 g/mol. The van der Waals surface area contributed by atoms with Crippen LogP contribution < -0.4 is 0 Å². The molecule has 0 aliphatic carbocycles. The molecular formula is C27H40O2S4. The fraction of sp³-hybridized carbons (Fsp3) is 0.556. The zero-order valence-electron chi connectivity index (χ0n) is 21.4. The number of rotatable bonds is 12. The van der Waals surface area contributed by atoms with Crippen LogP contribution in [0.5, 0.6) is 11.5 Å². The Labute approximate surface area is 218 Å². The van der Waals surface area contributed by atoms with E-state index in [1.54, 1.807) is 47.0 Å². The Morgan fingerprint density at radius 2 is 0.939 bits per heavy atom. The largest absolute Gasteiger partial charge is 0.506 e. The van der Waals surface area contributed by atoms with Crippen LogP contribution in [0, 0.1) is 0 Å². The van der Waals surface area contributed by atoms with E-state index in [2.05, 4.69) is 67.5 Å². The van der Waals surface area contributed by atoms with Crippen LogP contribution in [-0.4, -0.2) is 33.2 Å². The van der Waals surface area contributed by atoms with E-state index in [4.69, 9.17) is 0 Å². The van der Waals surface area contributed by atoms with E-state index in [1.165, 1.54) is 22.3 Å². The molecule has 0 spiro atoms. The minimum absolute atomic E-state index is 0.268. The lowest BCUT2D eigenvalue weighted by molar-refractivity contribution is 0.443. The number of aromatic hydroxyl groups is 2. The lowest BCUT2D eigenvalue weighted by Crippen LogP contribution is -2.24. The molecule has 2 aromatic carbocycles. The number of hydrogen-bond donors (Lipinski definition) is 2. The van der Waals surface area contributed by atoms with Crippen LogP contribution in [0.4, 0.5) is 0 Å². The molecule has 0 unspecified atom stereocenters. The number of hydrogen-bond acceptors (Lipinski definition) is 6. The zero-order valence-corrected chi connectivity index (χ0v) is 24.7. The van der Waals surface area contributed by atoms with Crippen molar-refractivity contribution >= 4 is 47.0 Å². The molecule has 2 rings (SSSR count). The smallest absolute Gasteiger partial charge is 0.142 e. The SMILES string of the molecule is CCSc1cc(C(C)(C)c2cc(SCC)c(O)c(SCC)c2CC)c(CC)c(SCC)c1O. The maximum absolute atomic E-state index is 11.1. The summed E-state index contributed by atoms with van der Waals surface area (Å²) in [6, 6.07) is 4.46. The molecule has 0 heterocycles. The average Bonchev–Trinajstić information content (AvgIpc) is 2.79. The first-order chi connectivity index (χ1) is 15.7. The predicted molar refractivity (Wildman–Crippen MR) is 153 cm³/mol. The molecule has 2 N–H and O–H groups in total. The Morgan fingerprint density at radius 1 is 0.606 bits per heavy atom. The van der Waals surface area contributed by atoms with Gasteiger partial charge in [-0.15, -0.1) is 47.0 Å².